The van der Waals surface area contributed by atoms with Gasteiger partial charge in [-0.15, -0.1) is 0 Å². The summed E-state index contributed by atoms with van der Waals surface area (Å²) in [6.07, 6.45) is 2.73. The highest BCUT2D eigenvalue weighted by Gasteiger charge is 2.17. The molecule has 1 aliphatic heterocycles. The van der Waals surface area contributed by atoms with Gasteiger partial charge >= 0.3 is 0 Å². The van der Waals surface area contributed by atoms with E-state index in [0.29, 0.717) is 11.8 Å². The highest BCUT2D eigenvalue weighted by molar-refractivity contribution is 6.29. The van der Waals surface area contributed by atoms with E-state index in [2.05, 4.69) is 9.97 Å². The minimum atomic E-state index is 0.460. The second-order valence-electron chi connectivity index (χ2n) is 3.72. The van der Waals surface area contributed by atoms with Crippen molar-refractivity contribution < 1.29 is 4.74 Å². The summed E-state index contributed by atoms with van der Waals surface area (Å²) in [7, 11) is 0. The van der Waals surface area contributed by atoms with E-state index in [1.54, 1.807) is 6.07 Å². The quantitative estimate of drug-likeness (QED) is 0.657. The van der Waals surface area contributed by atoms with Crippen LogP contribution in [0, 0.1) is 6.92 Å². The number of fused-ring (bicyclic) bond motifs is 3. The van der Waals surface area contributed by atoms with Crippen LogP contribution in [0.2, 0.25) is 5.15 Å². The Kier molecular flexibility index (Phi) is 2.11. The minimum Gasteiger partial charge on any atom is -0.489 e. The van der Waals surface area contributed by atoms with Crippen LogP contribution >= 0.6 is 11.6 Å². The molecule has 2 aromatic heterocycles. The van der Waals surface area contributed by atoms with E-state index < -0.39 is 0 Å². The first kappa shape index (κ1) is 9.66. The van der Waals surface area contributed by atoms with Crippen LogP contribution in [0.5, 0.6) is 5.75 Å². The number of imidazole rings is 1. The summed E-state index contributed by atoms with van der Waals surface area (Å²) in [5.74, 6) is 2.44. The number of aromatic nitrogens is 3. The van der Waals surface area contributed by atoms with E-state index in [1.165, 1.54) is 0 Å². The molecule has 0 fully saturated rings. The molecule has 0 amide bonds. The standard InChI is InChI=1S/C11H10ClN3O/c1-7-6-15-10(13-7)4-5-16-8-2-3-9(12)14-11(8)15/h2-3,6H,4-5H2,1H3. The van der Waals surface area contributed by atoms with E-state index in [0.717, 1.165) is 29.5 Å². The second kappa shape index (κ2) is 3.49. The summed E-state index contributed by atoms with van der Waals surface area (Å²) in [5.41, 5.74) is 0.977. The normalized spacial score (nSPS) is 13.6. The highest BCUT2D eigenvalue weighted by atomic mass is 35.5. The van der Waals surface area contributed by atoms with Crippen molar-refractivity contribution in [1.29, 1.82) is 0 Å². The zero-order valence-electron chi connectivity index (χ0n) is 8.77. The fraction of sp³-hybridized carbons (Fsp3) is 0.273. The van der Waals surface area contributed by atoms with E-state index in [1.807, 2.05) is 23.8 Å². The molecule has 0 aromatic carbocycles. The molecule has 3 rings (SSSR count). The van der Waals surface area contributed by atoms with E-state index >= 15 is 0 Å². The second-order valence-corrected chi connectivity index (χ2v) is 4.11. The van der Waals surface area contributed by atoms with Crippen molar-refractivity contribution >= 4 is 11.6 Å². The first-order chi connectivity index (χ1) is 7.74. The van der Waals surface area contributed by atoms with Crippen LogP contribution < -0.4 is 4.74 Å². The van der Waals surface area contributed by atoms with E-state index in [9.17, 15) is 0 Å². The molecule has 82 valence electrons. The molecule has 2 aromatic rings. The number of nitrogens with zero attached hydrogens (tertiary/aromatic N) is 3. The van der Waals surface area contributed by atoms with Gasteiger partial charge in [0.25, 0.3) is 0 Å². The van der Waals surface area contributed by atoms with Crippen molar-refractivity contribution in [2.75, 3.05) is 6.61 Å². The van der Waals surface area contributed by atoms with Crippen LogP contribution in [-0.2, 0) is 6.42 Å². The lowest BCUT2D eigenvalue weighted by atomic mass is 10.4. The monoisotopic (exact) mass is 235 g/mol. The van der Waals surface area contributed by atoms with Crippen molar-refractivity contribution in [3.63, 3.8) is 0 Å². The van der Waals surface area contributed by atoms with Crippen LogP contribution in [0.15, 0.2) is 18.3 Å². The summed E-state index contributed by atoms with van der Waals surface area (Å²) < 4.78 is 7.55. The van der Waals surface area contributed by atoms with Crippen LogP contribution in [-0.4, -0.2) is 21.1 Å². The smallest absolute Gasteiger partial charge is 0.182 e. The van der Waals surface area contributed by atoms with Crippen molar-refractivity contribution in [2.24, 2.45) is 0 Å². The summed E-state index contributed by atoms with van der Waals surface area (Å²) in [5, 5.41) is 0.460. The molecule has 5 heteroatoms. The molecule has 0 spiro atoms. The molecular formula is C11H10ClN3O. The number of aryl methyl sites for hydroxylation is 1. The number of hydrogen-bond donors (Lipinski definition) is 0. The predicted molar refractivity (Wildman–Crippen MR) is 60.3 cm³/mol. The lowest BCUT2D eigenvalue weighted by molar-refractivity contribution is 0.324. The molecule has 0 unspecified atom stereocenters. The molecule has 0 atom stereocenters. The number of ether oxygens (including phenoxy) is 1. The van der Waals surface area contributed by atoms with Crippen LogP contribution in [0.1, 0.15) is 11.5 Å². The third-order valence-electron chi connectivity index (χ3n) is 2.52. The van der Waals surface area contributed by atoms with Crippen LogP contribution in [0.3, 0.4) is 0 Å². The van der Waals surface area contributed by atoms with Gasteiger partial charge in [0.15, 0.2) is 11.6 Å². The Morgan fingerprint density at radius 1 is 1.38 bits per heavy atom. The molecule has 1 aliphatic rings. The van der Waals surface area contributed by atoms with Gasteiger partial charge < -0.3 is 4.74 Å². The van der Waals surface area contributed by atoms with Crippen molar-refractivity contribution in [1.82, 2.24) is 14.5 Å². The Labute approximate surface area is 97.9 Å². The van der Waals surface area contributed by atoms with Crippen LogP contribution in [0.25, 0.3) is 5.82 Å². The van der Waals surface area contributed by atoms with Gasteiger partial charge in [0.05, 0.1) is 12.3 Å². The average molecular weight is 236 g/mol. The number of rotatable bonds is 0. The molecule has 0 saturated heterocycles. The number of pyridine rings is 1. The van der Waals surface area contributed by atoms with Gasteiger partial charge in [-0.25, -0.2) is 9.97 Å². The van der Waals surface area contributed by atoms with Gasteiger partial charge in [-0.3, -0.25) is 4.57 Å². The molecule has 0 radical (unpaired) electrons. The van der Waals surface area contributed by atoms with Gasteiger partial charge in [-0.05, 0) is 19.1 Å². The SMILES string of the molecule is Cc1cn2c(n1)CCOc1ccc(Cl)nc1-2. The molecule has 0 aliphatic carbocycles. The van der Waals surface area contributed by atoms with Crippen molar-refractivity contribution in [3.05, 3.63) is 35.0 Å². The van der Waals surface area contributed by atoms with Gasteiger partial charge in [-0.1, -0.05) is 11.6 Å². The van der Waals surface area contributed by atoms with Crippen LogP contribution in [0.4, 0.5) is 0 Å². The summed E-state index contributed by atoms with van der Waals surface area (Å²) in [6, 6.07) is 3.57. The lowest BCUT2D eigenvalue weighted by Crippen LogP contribution is -2.01. The Hall–Kier alpha value is -1.55. The molecule has 4 nitrogen and oxygen atoms in total. The zero-order valence-corrected chi connectivity index (χ0v) is 9.53. The fourth-order valence-corrected chi connectivity index (χ4v) is 2.00. The summed E-state index contributed by atoms with van der Waals surface area (Å²) in [6.45, 7) is 2.58. The van der Waals surface area contributed by atoms with E-state index in [-0.39, 0.29) is 0 Å². The topological polar surface area (TPSA) is 39.9 Å². The third-order valence-corrected chi connectivity index (χ3v) is 2.73. The number of halogens is 1. The Balaban J connectivity index is 2.27. The third kappa shape index (κ3) is 1.46. The average Bonchev–Trinajstić information content (AvgIpc) is 2.54. The Morgan fingerprint density at radius 3 is 3.12 bits per heavy atom. The Bertz CT molecular complexity index is 550. The maximum absolute atomic E-state index is 5.90. The first-order valence-electron chi connectivity index (χ1n) is 5.08. The fourth-order valence-electron chi connectivity index (χ4n) is 1.86. The molecule has 16 heavy (non-hydrogen) atoms. The molecule has 0 saturated carbocycles. The summed E-state index contributed by atoms with van der Waals surface area (Å²) in [4.78, 5) is 8.73. The predicted octanol–water partition coefficient (Wildman–Crippen LogP) is 2.16. The zero-order chi connectivity index (χ0) is 11.1. The molecular weight excluding hydrogens is 226 g/mol. The molecule has 0 N–H and O–H groups in total. The minimum absolute atomic E-state index is 0.460. The van der Waals surface area contributed by atoms with Gasteiger partial charge in [0.1, 0.15) is 11.0 Å². The number of hydrogen-bond acceptors (Lipinski definition) is 3. The largest absolute Gasteiger partial charge is 0.489 e. The van der Waals surface area contributed by atoms with Crippen molar-refractivity contribution in [2.45, 2.75) is 13.3 Å². The maximum atomic E-state index is 5.90. The first-order valence-corrected chi connectivity index (χ1v) is 5.46. The molecule has 3 heterocycles. The van der Waals surface area contributed by atoms with Gasteiger partial charge in [0.2, 0.25) is 0 Å². The van der Waals surface area contributed by atoms with Gasteiger partial charge in [0, 0.05) is 12.6 Å². The summed E-state index contributed by atoms with van der Waals surface area (Å²) >= 11 is 5.90. The Morgan fingerprint density at radius 2 is 2.25 bits per heavy atom. The van der Waals surface area contributed by atoms with Gasteiger partial charge in [-0.2, -0.15) is 0 Å². The van der Waals surface area contributed by atoms with Crippen molar-refractivity contribution in [3.8, 4) is 11.6 Å². The maximum Gasteiger partial charge on any atom is 0.182 e. The van der Waals surface area contributed by atoms with E-state index in [4.69, 9.17) is 16.3 Å². The lowest BCUT2D eigenvalue weighted by Gasteiger charge is -2.07. The highest BCUT2D eigenvalue weighted by Crippen LogP contribution is 2.27. The molecule has 0 bridgehead atoms.